The molecule has 0 aliphatic rings. The van der Waals surface area contributed by atoms with Gasteiger partial charge in [0.1, 0.15) is 11.5 Å². The first kappa shape index (κ1) is 22.1. The first-order valence-electron chi connectivity index (χ1n) is 9.93. The number of thioether (sulfide) groups is 1. The summed E-state index contributed by atoms with van der Waals surface area (Å²) in [7, 11) is 3.48. The van der Waals surface area contributed by atoms with Gasteiger partial charge in [-0.2, -0.15) is 0 Å². The van der Waals surface area contributed by atoms with Crippen LogP contribution in [0.3, 0.4) is 0 Å². The third-order valence-electron chi connectivity index (χ3n) is 4.80. The fraction of sp³-hybridized carbons (Fsp3) is 0.273. The molecule has 0 bridgehead atoms. The van der Waals surface area contributed by atoms with Gasteiger partial charge in [0.15, 0.2) is 22.2 Å². The van der Waals surface area contributed by atoms with Gasteiger partial charge in [0.2, 0.25) is 5.91 Å². The van der Waals surface area contributed by atoms with Gasteiger partial charge >= 0.3 is 0 Å². The van der Waals surface area contributed by atoms with Gasteiger partial charge in [-0.05, 0) is 49.7 Å². The number of thiazole rings is 1. The number of hydrogen-bond acceptors (Lipinski definition) is 8. The summed E-state index contributed by atoms with van der Waals surface area (Å²) in [4.78, 5) is 17.0. The van der Waals surface area contributed by atoms with Gasteiger partial charge in [0, 0.05) is 7.05 Å². The number of benzene rings is 2. The molecule has 2 aromatic carbocycles. The van der Waals surface area contributed by atoms with E-state index in [4.69, 9.17) is 9.47 Å². The minimum absolute atomic E-state index is 0.140. The first-order chi connectivity index (χ1) is 15.4. The SMILES string of the molecule is COc1ccc(OC(C)c2nnc(SCC(=O)Nc3nc4c(C)cccc4s3)n2C)cc1. The molecule has 4 aromatic rings. The fourth-order valence-corrected chi connectivity index (χ4v) is 4.82. The zero-order valence-corrected chi connectivity index (χ0v) is 19.8. The van der Waals surface area contributed by atoms with Gasteiger partial charge in [-0.15, -0.1) is 10.2 Å². The highest BCUT2D eigenvalue weighted by molar-refractivity contribution is 7.99. The van der Waals surface area contributed by atoms with Crippen molar-refractivity contribution < 1.29 is 14.3 Å². The predicted molar refractivity (Wildman–Crippen MR) is 127 cm³/mol. The highest BCUT2D eigenvalue weighted by atomic mass is 32.2. The van der Waals surface area contributed by atoms with Crippen molar-refractivity contribution in [2.24, 2.45) is 7.05 Å². The average molecular weight is 470 g/mol. The molecule has 0 radical (unpaired) electrons. The Morgan fingerprint density at radius 3 is 2.66 bits per heavy atom. The highest BCUT2D eigenvalue weighted by Gasteiger charge is 2.18. The summed E-state index contributed by atoms with van der Waals surface area (Å²) in [5.41, 5.74) is 2.01. The predicted octanol–water partition coefficient (Wildman–Crippen LogP) is 4.61. The highest BCUT2D eigenvalue weighted by Crippen LogP contribution is 2.29. The smallest absolute Gasteiger partial charge is 0.236 e. The van der Waals surface area contributed by atoms with Gasteiger partial charge in [0.25, 0.3) is 0 Å². The van der Waals surface area contributed by atoms with Crippen LogP contribution in [-0.2, 0) is 11.8 Å². The molecule has 2 aromatic heterocycles. The lowest BCUT2D eigenvalue weighted by molar-refractivity contribution is -0.113. The van der Waals surface area contributed by atoms with Crippen molar-refractivity contribution in [2.75, 3.05) is 18.2 Å². The second-order valence-corrected chi connectivity index (χ2v) is 9.09. The van der Waals surface area contributed by atoms with E-state index in [0.717, 1.165) is 21.5 Å². The molecule has 0 saturated heterocycles. The van der Waals surface area contributed by atoms with E-state index in [1.54, 1.807) is 7.11 Å². The van der Waals surface area contributed by atoms with Crippen LogP contribution in [0.4, 0.5) is 5.13 Å². The molecule has 0 aliphatic carbocycles. The van der Waals surface area contributed by atoms with Crippen LogP contribution >= 0.6 is 23.1 Å². The van der Waals surface area contributed by atoms with E-state index in [0.29, 0.717) is 21.9 Å². The molecule has 0 fully saturated rings. The molecule has 4 rings (SSSR count). The van der Waals surface area contributed by atoms with E-state index in [2.05, 4.69) is 20.5 Å². The quantitative estimate of drug-likeness (QED) is 0.377. The second kappa shape index (κ2) is 9.58. The summed E-state index contributed by atoms with van der Waals surface area (Å²) in [6.07, 6.45) is -0.310. The third kappa shape index (κ3) is 4.86. The Bertz CT molecular complexity index is 1240. The number of aryl methyl sites for hydroxylation is 1. The van der Waals surface area contributed by atoms with Crippen LogP contribution in [0, 0.1) is 6.92 Å². The van der Waals surface area contributed by atoms with Crippen LogP contribution in [0.15, 0.2) is 47.6 Å². The summed E-state index contributed by atoms with van der Waals surface area (Å²) in [5.74, 6) is 2.21. The van der Waals surface area contributed by atoms with Crippen molar-refractivity contribution in [3.8, 4) is 11.5 Å². The summed E-state index contributed by atoms with van der Waals surface area (Å²) >= 11 is 2.78. The number of anilines is 1. The number of ether oxygens (including phenoxy) is 2. The van der Waals surface area contributed by atoms with Crippen molar-refractivity contribution in [3.63, 3.8) is 0 Å². The third-order valence-corrected chi connectivity index (χ3v) is 6.76. The topological polar surface area (TPSA) is 91.2 Å². The number of aromatic nitrogens is 4. The molecule has 1 amide bonds. The molecule has 0 saturated carbocycles. The van der Waals surface area contributed by atoms with E-state index in [1.165, 1.54) is 23.1 Å². The van der Waals surface area contributed by atoms with Gasteiger partial charge < -0.3 is 19.4 Å². The molecule has 8 nitrogen and oxygen atoms in total. The van der Waals surface area contributed by atoms with Gasteiger partial charge in [-0.1, -0.05) is 35.2 Å². The molecule has 1 N–H and O–H groups in total. The Morgan fingerprint density at radius 1 is 1.19 bits per heavy atom. The first-order valence-corrected chi connectivity index (χ1v) is 11.7. The van der Waals surface area contributed by atoms with Crippen LogP contribution in [0.25, 0.3) is 10.2 Å². The van der Waals surface area contributed by atoms with Crippen molar-refractivity contribution in [1.29, 1.82) is 0 Å². The number of carbonyl (C=O) groups is 1. The minimum Gasteiger partial charge on any atom is -0.497 e. The molecular weight excluding hydrogens is 446 g/mol. The number of nitrogens with zero attached hydrogens (tertiary/aromatic N) is 4. The van der Waals surface area contributed by atoms with Crippen molar-refractivity contribution in [3.05, 3.63) is 53.9 Å². The molecule has 0 aliphatic heterocycles. The van der Waals surface area contributed by atoms with E-state index >= 15 is 0 Å². The fourth-order valence-electron chi connectivity index (χ4n) is 3.14. The number of carbonyl (C=O) groups excluding carboxylic acids is 1. The summed E-state index contributed by atoms with van der Waals surface area (Å²) < 4.78 is 14.0. The minimum atomic E-state index is -0.310. The van der Waals surface area contributed by atoms with Crippen LogP contribution < -0.4 is 14.8 Å². The maximum absolute atomic E-state index is 12.4. The molecule has 10 heteroatoms. The molecule has 1 atom stereocenters. The van der Waals surface area contributed by atoms with Crippen LogP contribution in [0.2, 0.25) is 0 Å². The molecule has 2 heterocycles. The Kier molecular flexibility index (Phi) is 6.61. The molecule has 166 valence electrons. The number of fused-ring (bicyclic) bond motifs is 1. The number of methoxy groups -OCH3 is 1. The molecular formula is C22H23N5O3S2. The van der Waals surface area contributed by atoms with E-state index < -0.39 is 0 Å². The van der Waals surface area contributed by atoms with Crippen LogP contribution in [-0.4, -0.2) is 38.5 Å². The van der Waals surface area contributed by atoms with Crippen molar-refractivity contribution in [2.45, 2.75) is 25.1 Å². The van der Waals surface area contributed by atoms with Crippen LogP contribution in [0.1, 0.15) is 24.4 Å². The number of hydrogen-bond donors (Lipinski definition) is 1. The second-order valence-electron chi connectivity index (χ2n) is 7.11. The number of para-hydroxylation sites is 1. The lowest BCUT2D eigenvalue weighted by Gasteiger charge is -2.14. The largest absolute Gasteiger partial charge is 0.497 e. The Hall–Kier alpha value is -3.11. The lowest BCUT2D eigenvalue weighted by atomic mass is 10.2. The van der Waals surface area contributed by atoms with Gasteiger partial charge in [-0.25, -0.2) is 4.98 Å². The standard InChI is InChI=1S/C22H23N5O3S2/c1-13-6-5-7-17-19(13)24-21(32-17)23-18(28)12-31-22-26-25-20(27(22)3)14(2)30-16-10-8-15(29-4)9-11-16/h5-11,14H,12H2,1-4H3,(H,23,24,28). The molecule has 1 unspecified atom stereocenters. The van der Waals surface area contributed by atoms with Gasteiger partial charge in [-0.3, -0.25) is 4.79 Å². The number of nitrogens with one attached hydrogen (secondary N) is 1. The number of rotatable bonds is 8. The monoisotopic (exact) mass is 469 g/mol. The average Bonchev–Trinajstić information content (AvgIpc) is 3.36. The zero-order valence-electron chi connectivity index (χ0n) is 18.2. The molecule has 0 spiro atoms. The lowest BCUT2D eigenvalue weighted by Crippen LogP contribution is -2.14. The van der Waals surface area contributed by atoms with E-state index in [-0.39, 0.29) is 17.8 Å². The summed E-state index contributed by atoms with van der Waals surface area (Å²) in [5, 5.41) is 12.6. The van der Waals surface area contributed by atoms with Crippen LogP contribution in [0.5, 0.6) is 11.5 Å². The van der Waals surface area contributed by atoms with Crippen molar-refractivity contribution >= 4 is 44.4 Å². The van der Waals surface area contributed by atoms with Gasteiger partial charge in [0.05, 0.1) is 23.1 Å². The maximum atomic E-state index is 12.4. The van der Waals surface area contributed by atoms with Crippen molar-refractivity contribution in [1.82, 2.24) is 19.7 Å². The normalized spacial score (nSPS) is 12.0. The maximum Gasteiger partial charge on any atom is 0.236 e. The Labute approximate surface area is 194 Å². The summed E-state index contributed by atoms with van der Waals surface area (Å²) in [6.45, 7) is 3.92. The summed E-state index contributed by atoms with van der Waals surface area (Å²) in [6, 6.07) is 13.4. The number of amides is 1. The Balaban J connectivity index is 1.35. The van der Waals surface area contributed by atoms with E-state index in [1.807, 2.05) is 67.9 Å². The molecule has 32 heavy (non-hydrogen) atoms. The zero-order chi connectivity index (χ0) is 22.7. The van der Waals surface area contributed by atoms with E-state index in [9.17, 15) is 4.79 Å². The Morgan fingerprint density at radius 2 is 1.94 bits per heavy atom.